The van der Waals surface area contributed by atoms with Crippen molar-refractivity contribution in [1.29, 1.82) is 0 Å². The number of ketones is 1. The molecule has 0 radical (unpaired) electrons. The summed E-state index contributed by atoms with van der Waals surface area (Å²) in [7, 11) is 0. The largest absolute Gasteiger partial charge is 0.490 e. The van der Waals surface area contributed by atoms with Gasteiger partial charge in [-0.25, -0.2) is 0 Å². The number of carbonyl (C=O) groups excluding carboxylic acids is 1. The predicted octanol–water partition coefficient (Wildman–Crippen LogP) is 3.47. The first-order chi connectivity index (χ1) is 7.50. The maximum absolute atomic E-state index is 11.2. The average Bonchev–Trinajstić information content (AvgIpc) is 2.20. The number of benzene rings is 1. The Labute approximate surface area is 96.9 Å². The number of Topliss-reactive ketones (excluding diaryl/α,β-unsaturated/α-hetero) is 1. The first-order valence-corrected chi connectivity index (χ1v) is 5.45. The highest BCUT2D eigenvalue weighted by molar-refractivity contribution is 5.97. The molecule has 0 aliphatic rings. The van der Waals surface area contributed by atoms with Crippen LogP contribution in [0.25, 0.3) is 6.08 Å². The average molecular weight is 218 g/mol. The van der Waals surface area contributed by atoms with Crippen molar-refractivity contribution >= 4 is 11.9 Å². The molecule has 86 valence electrons. The lowest BCUT2D eigenvalue weighted by molar-refractivity contribution is -0.113. The van der Waals surface area contributed by atoms with Crippen LogP contribution in [-0.2, 0) is 4.79 Å². The molecular weight excluding hydrogens is 200 g/mol. The number of allylic oxidation sites excluding steroid dienone is 1. The molecule has 0 amide bonds. The molecule has 0 unspecified atom stereocenters. The molecule has 0 saturated carbocycles. The van der Waals surface area contributed by atoms with Gasteiger partial charge in [0.1, 0.15) is 5.75 Å². The van der Waals surface area contributed by atoms with Crippen LogP contribution in [0.15, 0.2) is 29.8 Å². The molecule has 0 atom stereocenters. The van der Waals surface area contributed by atoms with Crippen molar-refractivity contribution in [2.24, 2.45) is 0 Å². The second kappa shape index (κ2) is 5.50. The van der Waals surface area contributed by atoms with Gasteiger partial charge in [0, 0.05) is 5.56 Å². The summed E-state index contributed by atoms with van der Waals surface area (Å²) in [5, 5.41) is 0. The number of carbonyl (C=O) groups is 1. The van der Waals surface area contributed by atoms with Crippen LogP contribution < -0.4 is 4.74 Å². The Morgan fingerprint density at radius 1 is 1.25 bits per heavy atom. The molecule has 1 aromatic carbocycles. The van der Waals surface area contributed by atoms with Gasteiger partial charge in [-0.15, -0.1) is 0 Å². The van der Waals surface area contributed by atoms with Crippen molar-refractivity contribution in [3.8, 4) is 5.75 Å². The molecule has 0 aliphatic carbocycles. The molecule has 0 N–H and O–H groups in total. The molecule has 0 fully saturated rings. The minimum Gasteiger partial charge on any atom is -0.490 e. The summed E-state index contributed by atoms with van der Waals surface area (Å²) in [6, 6.07) is 7.73. The summed E-state index contributed by atoms with van der Waals surface area (Å²) in [6.07, 6.45) is 1.99. The zero-order chi connectivity index (χ0) is 12.1. The molecule has 0 bridgehead atoms. The van der Waals surface area contributed by atoms with E-state index in [4.69, 9.17) is 4.74 Å². The second-order valence-corrected chi connectivity index (χ2v) is 4.09. The van der Waals surface area contributed by atoms with Crippen LogP contribution in [0.1, 0.15) is 33.3 Å². The standard InChI is InChI=1S/C14H18O2/c1-10(2)16-14-8-6-5-7-13(14)9-11(3)12(4)15/h5-10H,1-4H3/b11-9-. The zero-order valence-electron chi connectivity index (χ0n) is 10.3. The summed E-state index contributed by atoms with van der Waals surface area (Å²) in [5.74, 6) is 0.900. The van der Waals surface area contributed by atoms with Gasteiger partial charge in [0.25, 0.3) is 0 Å². The number of hydrogen-bond donors (Lipinski definition) is 0. The Hall–Kier alpha value is -1.57. The van der Waals surface area contributed by atoms with E-state index >= 15 is 0 Å². The maximum Gasteiger partial charge on any atom is 0.155 e. The van der Waals surface area contributed by atoms with Crippen molar-refractivity contribution < 1.29 is 9.53 Å². The third-order valence-corrected chi connectivity index (χ3v) is 2.21. The molecule has 0 aliphatic heterocycles. The van der Waals surface area contributed by atoms with Gasteiger partial charge in [0.15, 0.2) is 5.78 Å². The Bertz CT molecular complexity index is 403. The van der Waals surface area contributed by atoms with Crippen molar-refractivity contribution in [2.45, 2.75) is 33.8 Å². The monoisotopic (exact) mass is 218 g/mol. The SMILES string of the molecule is CC(=O)/C(C)=C\c1ccccc1OC(C)C. The van der Waals surface area contributed by atoms with Crippen molar-refractivity contribution in [2.75, 3.05) is 0 Å². The first kappa shape index (κ1) is 12.5. The van der Waals surface area contributed by atoms with Crippen LogP contribution in [0.4, 0.5) is 0 Å². The van der Waals surface area contributed by atoms with E-state index in [-0.39, 0.29) is 11.9 Å². The molecule has 2 heteroatoms. The highest BCUT2D eigenvalue weighted by Crippen LogP contribution is 2.22. The summed E-state index contributed by atoms with van der Waals surface area (Å²) in [4.78, 5) is 11.2. The summed E-state index contributed by atoms with van der Waals surface area (Å²) < 4.78 is 5.67. The minimum atomic E-state index is 0.0827. The molecular formula is C14H18O2. The van der Waals surface area contributed by atoms with E-state index in [0.717, 1.165) is 16.9 Å². The number of ether oxygens (including phenoxy) is 1. The van der Waals surface area contributed by atoms with E-state index in [1.807, 2.05) is 51.1 Å². The van der Waals surface area contributed by atoms with Crippen molar-refractivity contribution in [1.82, 2.24) is 0 Å². The predicted molar refractivity (Wildman–Crippen MR) is 66.5 cm³/mol. The van der Waals surface area contributed by atoms with Crippen LogP contribution in [0.3, 0.4) is 0 Å². The minimum absolute atomic E-state index is 0.0827. The normalized spacial score (nSPS) is 11.7. The second-order valence-electron chi connectivity index (χ2n) is 4.09. The lowest BCUT2D eigenvalue weighted by atomic mass is 10.1. The van der Waals surface area contributed by atoms with Gasteiger partial charge in [-0.05, 0) is 45.4 Å². The zero-order valence-corrected chi connectivity index (χ0v) is 10.3. The summed E-state index contributed by atoms with van der Waals surface area (Å²) in [6.45, 7) is 7.35. The number of para-hydroxylation sites is 1. The number of hydrogen-bond acceptors (Lipinski definition) is 2. The fourth-order valence-corrected chi connectivity index (χ4v) is 1.30. The van der Waals surface area contributed by atoms with E-state index in [1.54, 1.807) is 6.92 Å². The molecule has 0 aromatic heterocycles. The van der Waals surface area contributed by atoms with E-state index in [0.29, 0.717) is 0 Å². The molecule has 1 rings (SSSR count). The lowest BCUT2D eigenvalue weighted by Crippen LogP contribution is -2.06. The molecule has 16 heavy (non-hydrogen) atoms. The smallest absolute Gasteiger partial charge is 0.155 e. The van der Waals surface area contributed by atoms with Crippen molar-refractivity contribution in [3.63, 3.8) is 0 Å². The van der Waals surface area contributed by atoms with Crippen LogP contribution >= 0.6 is 0 Å². The van der Waals surface area contributed by atoms with Gasteiger partial charge < -0.3 is 4.74 Å². The Morgan fingerprint density at radius 2 is 1.88 bits per heavy atom. The Morgan fingerprint density at radius 3 is 2.44 bits per heavy atom. The highest BCUT2D eigenvalue weighted by Gasteiger charge is 2.04. The molecule has 0 heterocycles. The molecule has 0 saturated heterocycles. The lowest BCUT2D eigenvalue weighted by Gasteiger charge is -2.12. The van der Waals surface area contributed by atoms with Gasteiger partial charge >= 0.3 is 0 Å². The van der Waals surface area contributed by atoms with Gasteiger partial charge in [0.05, 0.1) is 6.10 Å². The maximum atomic E-state index is 11.2. The van der Waals surface area contributed by atoms with Crippen LogP contribution in [0.2, 0.25) is 0 Å². The quantitative estimate of drug-likeness (QED) is 0.723. The molecule has 1 aromatic rings. The fraction of sp³-hybridized carbons (Fsp3) is 0.357. The van der Waals surface area contributed by atoms with E-state index in [2.05, 4.69) is 0 Å². The van der Waals surface area contributed by atoms with Gasteiger partial charge in [-0.1, -0.05) is 18.2 Å². The molecule has 2 nitrogen and oxygen atoms in total. The van der Waals surface area contributed by atoms with E-state index in [1.165, 1.54) is 0 Å². The van der Waals surface area contributed by atoms with Gasteiger partial charge in [-0.2, -0.15) is 0 Å². The Balaban J connectivity index is 3.04. The third-order valence-electron chi connectivity index (χ3n) is 2.21. The number of rotatable bonds is 4. The molecule has 0 spiro atoms. The van der Waals surface area contributed by atoms with Crippen LogP contribution in [-0.4, -0.2) is 11.9 Å². The highest BCUT2D eigenvalue weighted by atomic mass is 16.5. The third kappa shape index (κ3) is 3.54. The Kier molecular flexibility index (Phi) is 4.29. The summed E-state index contributed by atoms with van der Waals surface area (Å²) >= 11 is 0. The van der Waals surface area contributed by atoms with E-state index in [9.17, 15) is 4.79 Å². The van der Waals surface area contributed by atoms with E-state index < -0.39 is 0 Å². The topological polar surface area (TPSA) is 26.3 Å². The van der Waals surface area contributed by atoms with Gasteiger partial charge in [-0.3, -0.25) is 4.79 Å². The van der Waals surface area contributed by atoms with Crippen molar-refractivity contribution in [3.05, 3.63) is 35.4 Å². The van der Waals surface area contributed by atoms with Gasteiger partial charge in [0.2, 0.25) is 0 Å². The first-order valence-electron chi connectivity index (χ1n) is 5.45. The van der Waals surface area contributed by atoms with Crippen LogP contribution in [0, 0.1) is 0 Å². The fourth-order valence-electron chi connectivity index (χ4n) is 1.30. The van der Waals surface area contributed by atoms with Crippen LogP contribution in [0.5, 0.6) is 5.75 Å². The summed E-state index contributed by atoms with van der Waals surface area (Å²) in [5.41, 5.74) is 1.68.